The van der Waals surface area contributed by atoms with Crippen LogP contribution in [0.3, 0.4) is 0 Å². The van der Waals surface area contributed by atoms with E-state index in [0.29, 0.717) is 23.3 Å². The highest BCUT2D eigenvalue weighted by molar-refractivity contribution is 6.35. The Hall–Kier alpha value is -1.59. The van der Waals surface area contributed by atoms with Gasteiger partial charge >= 0.3 is 0 Å². The maximum Gasteiger partial charge on any atom is 0.170 e. The van der Waals surface area contributed by atoms with Crippen molar-refractivity contribution in [3.63, 3.8) is 0 Å². The van der Waals surface area contributed by atoms with Crippen LogP contribution in [0.1, 0.15) is 11.6 Å². The molecule has 2 aromatic heterocycles. The number of nitrogens with zero attached hydrogens (tertiary/aromatic N) is 5. The second-order valence-corrected chi connectivity index (χ2v) is 4.86. The van der Waals surface area contributed by atoms with Crippen molar-refractivity contribution in [1.82, 2.24) is 24.3 Å². The molecule has 2 heterocycles. The molecule has 0 aliphatic rings. The van der Waals surface area contributed by atoms with Crippen molar-refractivity contribution in [3.8, 4) is 0 Å². The number of aromatic nitrogens is 5. The van der Waals surface area contributed by atoms with Gasteiger partial charge in [0.05, 0.1) is 23.0 Å². The van der Waals surface area contributed by atoms with E-state index in [-0.39, 0.29) is 0 Å². The van der Waals surface area contributed by atoms with Crippen LogP contribution in [0.4, 0.5) is 0 Å². The normalized spacial score (nSPS) is 11.3. The summed E-state index contributed by atoms with van der Waals surface area (Å²) in [4.78, 5) is 8.69. The van der Waals surface area contributed by atoms with Gasteiger partial charge in [-0.2, -0.15) is 5.10 Å². The van der Waals surface area contributed by atoms with Gasteiger partial charge in [-0.15, -0.1) is 11.6 Å². The molecular formula is C12H11Cl2N5. The summed E-state index contributed by atoms with van der Waals surface area (Å²) in [5.74, 6) is 1.79. The lowest BCUT2D eigenvalue weighted by Gasteiger charge is -2.04. The van der Waals surface area contributed by atoms with Crippen molar-refractivity contribution in [3.05, 3.63) is 41.2 Å². The molecule has 5 nitrogen and oxygen atoms in total. The molecule has 0 saturated heterocycles. The maximum atomic E-state index is 6.15. The summed E-state index contributed by atoms with van der Waals surface area (Å²) in [5.41, 5.74) is 1.70. The van der Waals surface area contributed by atoms with E-state index in [4.69, 9.17) is 23.2 Å². The molecule has 0 aliphatic carbocycles. The summed E-state index contributed by atoms with van der Waals surface area (Å²) in [6, 6.07) is 5.68. The van der Waals surface area contributed by atoms with Crippen molar-refractivity contribution in [2.45, 2.75) is 12.4 Å². The molecule has 0 bridgehead atoms. The van der Waals surface area contributed by atoms with E-state index in [2.05, 4.69) is 15.1 Å². The molecule has 0 aliphatic heterocycles. The van der Waals surface area contributed by atoms with Crippen LogP contribution in [0.15, 0.2) is 24.5 Å². The van der Waals surface area contributed by atoms with E-state index in [1.54, 1.807) is 11.0 Å². The molecule has 3 aromatic rings. The van der Waals surface area contributed by atoms with Gasteiger partial charge in [-0.05, 0) is 12.1 Å². The first-order chi connectivity index (χ1) is 9.19. The lowest BCUT2D eigenvalue weighted by molar-refractivity contribution is 0.697. The number of benzene rings is 1. The highest BCUT2D eigenvalue weighted by atomic mass is 35.5. The third-order valence-corrected chi connectivity index (χ3v) is 3.42. The van der Waals surface area contributed by atoms with Gasteiger partial charge in [-0.25, -0.2) is 9.97 Å². The van der Waals surface area contributed by atoms with Crippen LogP contribution in [-0.2, 0) is 19.5 Å². The molecule has 0 amide bonds. The first-order valence-corrected chi connectivity index (χ1v) is 6.64. The first kappa shape index (κ1) is 12.4. The quantitative estimate of drug-likeness (QED) is 0.698. The van der Waals surface area contributed by atoms with Crippen LogP contribution >= 0.6 is 23.2 Å². The second-order valence-electron chi connectivity index (χ2n) is 4.19. The molecule has 0 saturated carbocycles. The lowest BCUT2D eigenvalue weighted by atomic mass is 10.3. The molecule has 1 aromatic carbocycles. The predicted octanol–water partition coefficient (Wildman–Crippen LogP) is 2.61. The first-order valence-electron chi connectivity index (χ1n) is 5.73. The fourth-order valence-electron chi connectivity index (χ4n) is 2.04. The topological polar surface area (TPSA) is 48.5 Å². The minimum Gasteiger partial charge on any atom is -0.319 e. The third kappa shape index (κ3) is 2.19. The van der Waals surface area contributed by atoms with E-state index in [1.807, 2.05) is 29.8 Å². The molecule has 19 heavy (non-hydrogen) atoms. The van der Waals surface area contributed by atoms with Gasteiger partial charge < -0.3 is 4.57 Å². The summed E-state index contributed by atoms with van der Waals surface area (Å²) in [5, 5.41) is 4.89. The van der Waals surface area contributed by atoms with Crippen LogP contribution in [0.2, 0.25) is 5.02 Å². The average molecular weight is 296 g/mol. The van der Waals surface area contributed by atoms with Crippen LogP contribution in [0, 0.1) is 0 Å². The minimum absolute atomic E-state index is 0.317. The molecule has 0 unspecified atom stereocenters. The largest absolute Gasteiger partial charge is 0.319 e. The van der Waals surface area contributed by atoms with Gasteiger partial charge in [-0.1, -0.05) is 17.7 Å². The average Bonchev–Trinajstić information content (AvgIpc) is 2.96. The molecule has 0 fully saturated rings. The van der Waals surface area contributed by atoms with Crippen LogP contribution in [0.5, 0.6) is 0 Å². The van der Waals surface area contributed by atoms with Crippen molar-refractivity contribution >= 4 is 34.2 Å². The smallest absolute Gasteiger partial charge is 0.170 e. The van der Waals surface area contributed by atoms with Gasteiger partial charge in [0, 0.05) is 7.05 Å². The summed E-state index contributed by atoms with van der Waals surface area (Å²) in [6.45, 7) is 0.528. The summed E-state index contributed by atoms with van der Waals surface area (Å²) < 4.78 is 3.66. The number of para-hydroxylation sites is 1. The Labute approximate surface area is 119 Å². The van der Waals surface area contributed by atoms with Gasteiger partial charge in [0.25, 0.3) is 0 Å². The Morgan fingerprint density at radius 2 is 2.16 bits per heavy atom. The SMILES string of the molecule is Cn1cnc(Cn2c(CCl)nc3c(Cl)cccc32)n1. The fraction of sp³-hybridized carbons (Fsp3) is 0.250. The number of imidazole rings is 1. The summed E-state index contributed by atoms with van der Waals surface area (Å²) >= 11 is 12.1. The highest BCUT2D eigenvalue weighted by Crippen LogP contribution is 2.25. The number of rotatable bonds is 3. The number of fused-ring (bicyclic) bond motifs is 1. The number of aryl methyl sites for hydroxylation is 1. The van der Waals surface area contributed by atoms with Gasteiger partial charge in [0.15, 0.2) is 5.82 Å². The molecular weight excluding hydrogens is 285 g/mol. The Bertz CT molecular complexity index is 731. The van der Waals surface area contributed by atoms with Crippen molar-refractivity contribution in [2.75, 3.05) is 0 Å². The van der Waals surface area contributed by atoms with Gasteiger partial charge in [0.1, 0.15) is 17.7 Å². The molecule has 0 atom stereocenters. The fourth-order valence-corrected chi connectivity index (χ4v) is 2.45. The molecule has 7 heteroatoms. The Kier molecular flexibility index (Phi) is 3.16. The van der Waals surface area contributed by atoms with E-state index >= 15 is 0 Å². The van der Waals surface area contributed by atoms with Gasteiger partial charge in [-0.3, -0.25) is 4.68 Å². The Balaban J connectivity index is 2.13. The van der Waals surface area contributed by atoms with Crippen LogP contribution in [-0.4, -0.2) is 24.3 Å². The lowest BCUT2D eigenvalue weighted by Crippen LogP contribution is -2.05. The highest BCUT2D eigenvalue weighted by Gasteiger charge is 2.13. The Morgan fingerprint density at radius 3 is 2.84 bits per heavy atom. The number of alkyl halides is 1. The Morgan fingerprint density at radius 1 is 1.32 bits per heavy atom. The number of hydrogen-bond donors (Lipinski definition) is 0. The molecule has 3 rings (SSSR count). The summed E-state index contributed by atoms with van der Waals surface area (Å²) in [6.07, 6.45) is 1.67. The zero-order chi connectivity index (χ0) is 13.4. The van der Waals surface area contributed by atoms with E-state index in [9.17, 15) is 0 Å². The van der Waals surface area contributed by atoms with E-state index < -0.39 is 0 Å². The zero-order valence-corrected chi connectivity index (χ0v) is 11.7. The molecule has 0 N–H and O–H groups in total. The molecule has 0 radical (unpaired) electrons. The van der Waals surface area contributed by atoms with Crippen molar-refractivity contribution < 1.29 is 0 Å². The number of halogens is 2. The van der Waals surface area contributed by atoms with Crippen molar-refractivity contribution in [2.24, 2.45) is 7.05 Å². The zero-order valence-electron chi connectivity index (χ0n) is 10.2. The molecule has 98 valence electrons. The minimum atomic E-state index is 0.317. The summed E-state index contributed by atoms with van der Waals surface area (Å²) in [7, 11) is 1.84. The van der Waals surface area contributed by atoms with Gasteiger partial charge in [0.2, 0.25) is 0 Å². The standard InChI is InChI=1S/C12H11Cl2N5/c1-18-7-15-10(17-18)6-19-9-4-2-3-8(14)12(9)16-11(19)5-13/h2-4,7H,5-6H2,1H3. The predicted molar refractivity (Wildman–Crippen MR) is 74.4 cm³/mol. The second kappa shape index (κ2) is 4.83. The monoisotopic (exact) mass is 295 g/mol. The van der Waals surface area contributed by atoms with Crippen LogP contribution in [0.25, 0.3) is 11.0 Å². The van der Waals surface area contributed by atoms with E-state index in [1.165, 1.54) is 0 Å². The van der Waals surface area contributed by atoms with E-state index in [0.717, 1.165) is 16.9 Å². The van der Waals surface area contributed by atoms with Crippen LogP contribution < -0.4 is 0 Å². The maximum absolute atomic E-state index is 6.15. The third-order valence-electron chi connectivity index (χ3n) is 2.87. The van der Waals surface area contributed by atoms with Crippen molar-refractivity contribution in [1.29, 1.82) is 0 Å². The number of hydrogen-bond acceptors (Lipinski definition) is 3. The molecule has 0 spiro atoms.